The van der Waals surface area contributed by atoms with Crippen molar-refractivity contribution in [2.45, 2.75) is 119 Å². The van der Waals surface area contributed by atoms with Gasteiger partial charge in [-0.25, -0.2) is 0 Å². The first kappa shape index (κ1) is 31.9. The van der Waals surface area contributed by atoms with Crippen LogP contribution >= 0.6 is 0 Å². The minimum atomic E-state index is -1.82. The van der Waals surface area contributed by atoms with Crippen molar-refractivity contribution in [3.8, 4) is 0 Å². The van der Waals surface area contributed by atoms with Gasteiger partial charge < -0.3 is 74.4 Å². The standard InChI is InChI=1S/C23H42O15/c1-8-12(27)18(11(7-26)35-20(8)38-23(2,3)4)36-22-17(32)19(14(29)10(6-25)34-22)37-21-16(31)15(30)13(28)9(5-24)33-21/h8-22,24-32H,5-7H2,1-4H3/t8-,9?,10?,11?,12+,13-,14?,15?,16-,17-,18?,19-,20?,21+,22?/m0/s1. The summed E-state index contributed by atoms with van der Waals surface area (Å²) in [5.74, 6) is -0.636. The smallest absolute Gasteiger partial charge is 0.187 e. The van der Waals surface area contributed by atoms with E-state index in [2.05, 4.69) is 0 Å². The van der Waals surface area contributed by atoms with Crippen LogP contribution in [0, 0.1) is 5.92 Å². The zero-order chi connectivity index (χ0) is 28.5. The van der Waals surface area contributed by atoms with Crippen LogP contribution in [0.25, 0.3) is 0 Å². The molecule has 3 rings (SSSR count). The molecule has 0 aliphatic carbocycles. The third-order valence-electron chi connectivity index (χ3n) is 6.88. The van der Waals surface area contributed by atoms with E-state index in [9.17, 15) is 46.0 Å². The zero-order valence-electron chi connectivity index (χ0n) is 21.8. The Morgan fingerprint density at radius 2 is 1.03 bits per heavy atom. The predicted octanol–water partition coefficient (Wildman–Crippen LogP) is -4.47. The Morgan fingerprint density at radius 1 is 0.553 bits per heavy atom. The van der Waals surface area contributed by atoms with E-state index in [1.54, 1.807) is 27.7 Å². The molecular weight excluding hydrogens is 516 g/mol. The molecule has 3 saturated heterocycles. The molecule has 8 unspecified atom stereocenters. The summed E-state index contributed by atoms with van der Waals surface area (Å²) in [6, 6.07) is 0. The average molecular weight is 559 g/mol. The van der Waals surface area contributed by atoms with E-state index in [-0.39, 0.29) is 0 Å². The first-order valence-corrected chi connectivity index (χ1v) is 12.6. The summed E-state index contributed by atoms with van der Waals surface area (Å²) >= 11 is 0. The highest BCUT2D eigenvalue weighted by Crippen LogP contribution is 2.35. The number of aliphatic hydroxyl groups excluding tert-OH is 9. The Balaban J connectivity index is 1.77. The maximum absolute atomic E-state index is 11.0. The molecule has 15 nitrogen and oxygen atoms in total. The van der Waals surface area contributed by atoms with Crippen LogP contribution in [0.1, 0.15) is 27.7 Å². The van der Waals surface area contributed by atoms with Crippen molar-refractivity contribution in [1.82, 2.24) is 0 Å². The molecule has 0 saturated carbocycles. The summed E-state index contributed by atoms with van der Waals surface area (Å²) in [4.78, 5) is 0. The SMILES string of the molecule is C[C@@H]1C(OC(C)(C)C)OC(CO)C(OC2OC(CO)C(O)[C@H](O[C@H]3OC(CO)[C@H](O)C(O)[C@@H]3O)[C@@H]2O)[C@@H]1O. The lowest BCUT2D eigenvalue weighted by Crippen LogP contribution is -2.66. The molecule has 0 amide bonds. The molecule has 0 aromatic rings. The van der Waals surface area contributed by atoms with Gasteiger partial charge in [-0.05, 0) is 20.8 Å². The molecule has 3 heterocycles. The van der Waals surface area contributed by atoms with Crippen molar-refractivity contribution in [3.63, 3.8) is 0 Å². The molecule has 15 heteroatoms. The molecule has 0 spiro atoms. The van der Waals surface area contributed by atoms with Gasteiger partial charge in [0.05, 0.1) is 31.5 Å². The van der Waals surface area contributed by atoms with Crippen molar-refractivity contribution < 1.29 is 74.4 Å². The van der Waals surface area contributed by atoms with Gasteiger partial charge in [-0.2, -0.15) is 0 Å². The largest absolute Gasteiger partial charge is 0.394 e. The molecule has 3 aliphatic heterocycles. The fourth-order valence-corrected chi connectivity index (χ4v) is 4.67. The van der Waals surface area contributed by atoms with Gasteiger partial charge in [0.15, 0.2) is 18.9 Å². The van der Waals surface area contributed by atoms with E-state index in [1.165, 1.54) is 0 Å². The minimum Gasteiger partial charge on any atom is -0.394 e. The van der Waals surface area contributed by atoms with Gasteiger partial charge in [0.25, 0.3) is 0 Å². The van der Waals surface area contributed by atoms with Gasteiger partial charge in [-0.15, -0.1) is 0 Å². The van der Waals surface area contributed by atoms with Crippen LogP contribution < -0.4 is 0 Å². The summed E-state index contributed by atoms with van der Waals surface area (Å²) in [6.45, 7) is 4.99. The van der Waals surface area contributed by atoms with Gasteiger partial charge in [-0.3, -0.25) is 0 Å². The third-order valence-corrected chi connectivity index (χ3v) is 6.88. The van der Waals surface area contributed by atoms with Crippen LogP contribution in [0.15, 0.2) is 0 Å². The van der Waals surface area contributed by atoms with Crippen LogP contribution in [0.4, 0.5) is 0 Å². The minimum absolute atomic E-state index is 0.585. The number of rotatable bonds is 8. The van der Waals surface area contributed by atoms with E-state index in [1.807, 2.05) is 0 Å². The third kappa shape index (κ3) is 6.82. The highest BCUT2D eigenvalue weighted by molar-refractivity contribution is 4.96. The summed E-state index contributed by atoms with van der Waals surface area (Å²) in [5.41, 5.74) is -0.617. The topological polar surface area (TPSA) is 237 Å². The summed E-state index contributed by atoms with van der Waals surface area (Å²) < 4.78 is 33.8. The van der Waals surface area contributed by atoms with Crippen LogP contribution in [0.2, 0.25) is 0 Å². The van der Waals surface area contributed by atoms with E-state index >= 15 is 0 Å². The predicted molar refractivity (Wildman–Crippen MR) is 123 cm³/mol. The lowest BCUT2D eigenvalue weighted by atomic mass is 9.91. The van der Waals surface area contributed by atoms with E-state index < -0.39 is 117 Å². The maximum atomic E-state index is 11.0. The molecule has 3 fully saturated rings. The Hall–Kier alpha value is -0.600. The van der Waals surface area contributed by atoms with Crippen molar-refractivity contribution in [2.24, 2.45) is 5.92 Å². The fourth-order valence-electron chi connectivity index (χ4n) is 4.67. The molecule has 224 valence electrons. The quantitative estimate of drug-likeness (QED) is 0.136. The molecule has 15 atom stereocenters. The van der Waals surface area contributed by atoms with Crippen LogP contribution in [-0.2, 0) is 28.4 Å². The van der Waals surface area contributed by atoms with E-state index in [4.69, 9.17) is 28.4 Å². The Bertz CT molecular complexity index is 732. The number of hydrogen-bond acceptors (Lipinski definition) is 15. The molecule has 0 radical (unpaired) electrons. The van der Waals surface area contributed by atoms with Gasteiger partial charge in [0, 0.05) is 5.92 Å². The van der Waals surface area contributed by atoms with Crippen molar-refractivity contribution >= 4 is 0 Å². The highest BCUT2D eigenvalue weighted by Gasteiger charge is 2.53. The molecule has 0 bridgehead atoms. The second kappa shape index (κ2) is 12.9. The number of aliphatic hydroxyl groups is 9. The molecule has 38 heavy (non-hydrogen) atoms. The molecule has 9 N–H and O–H groups in total. The van der Waals surface area contributed by atoms with Crippen LogP contribution in [0.5, 0.6) is 0 Å². The first-order valence-electron chi connectivity index (χ1n) is 12.6. The summed E-state index contributed by atoms with van der Waals surface area (Å²) in [5, 5.41) is 92.0. The van der Waals surface area contributed by atoms with Gasteiger partial charge in [-0.1, -0.05) is 6.92 Å². The maximum Gasteiger partial charge on any atom is 0.187 e. The van der Waals surface area contributed by atoms with E-state index in [0.29, 0.717) is 0 Å². The molecule has 3 aliphatic rings. The van der Waals surface area contributed by atoms with Crippen molar-refractivity contribution in [1.29, 1.82) is 0 Å². The summed E-state index contributed by atoms with van der Waals surface area (Å²) in [6.07, 6.45) is -20.8. The average Bonchev–Trinajstić information content (AvgIpc) is 2.86. The lowest BCUT2D eigenvalue weighted by Gasteiger charge is -2.49. The molecule has 0 aromatic heterocycles. The monoisotopic (exact) mass is 558 g/mol. The number of ether oxygens (including phenoxy) is 6. The molecular formula is C23H42O15. The van der Waals surface area contributed by atoms with Gasteiger partial charge in [0.2, 0.25) is 0 Å². The number of hydrogen-bond donors (Lipinski definition) is 9. The van der Waals surface area contributed by atoms with Crippen molar-refractivity contribution in [2.75, 3.05) is 19.8 Å². The van der Waals surface area contributed by atoms with Gasteiger partial charge >= 0.3 is 0 Å². The van der Waals surface area contributed by atoms with Crippen LogP contribution in [-0.4, -0.2) is 157 Å². The normalized spacial score (nSPS) is 48.7. The zero-order valence-corrected chi connectivity index (χ0v) is 21.8. The van der Waals surface area contributed by atoms with Crippen LogP contribution in [0.3, 0.4) is 0 Å². The Morgan fingerprint density at radius 3 is 1.55 bits per heavy atom. The fraction of sp³-hybridized carbons (Fsp3) is 1.00. The van der Waals surface area contributed by atoms with E-state index in [0.717, 1.165) is 0 Å². The first-order chi connectivity index (χ1) is 17.7. The second-order valence-corrected chi connectivity index (χ2v) is 10.9. The highest BCUT2D eigenvalue weighted by atomic mass is 16.8. The van der Waals surface area contributed by atoms with Crippen molar-refractivity contribution in [3.05, 3.63) is 0 Å². The molecule has 0 aromatic carbocycles. The Labute approximate surface area is 220 Å². The van der Waals surface area contributed by atoms with Gasteiger partial charge in [0.1, 0.15) is 61.0 Å². The second-order valence-electron chi connectivity index (χ2n) is 10.9. The summed E-state index contributed by atoms with van der Waals surface area (Å²) in [7, 11) is 0. The Kier molecular flexibility index (Phi) is 10.9. The lowest BCUT2D eigenvalue weighted by molar-refractivity contribution is -0.380.